The van der Waals surface area contributed by atoms with Crippen LogP contribution in [0, 0.1) is 19.7 Å². The van der Waals surface area contributed by atoms with E-state index < -0.39 is 0 Å². The highest BCUT2D eigenvalue weighted by Gasteiger charge is 2.12. The third kappa shape index (κ3) is 3.29. The van der Waals surface area contributed by atoms with E-state index in [9.17, 15) is 9.18 Å². The molecular formula is C18H16FN3O. The van der Waals surface area contributed by atoms with Crippen LogP contribution in [0.2, 0.25) is 0 Å². The Labute approximate surface area is 133 Å². The normalized spacial score (nSPS) is 10.6. The van der Waals surface area contributed by atoms with E-state index in [1.54, 1.807) is 19.1 Å². The van der Waals surface area contributed by atoms with Gasteiger partial charge in [-0.15, -0.1) is 0 Å². The van der Waals surface area contributed by atoms with Crippen LogP contribution in [0.15, 0.2) is 48.5 Å². The summed E-state index contributed by atoms with van der Waals surface area (Å²) in [6.07, 6.45) is 0. The van der Waals surface area contributed by atoms with E-state index in [1.807, 2.05) is 31.2 Å². The van der Waals surface area contributed by atoms with Crippen molar-refractivity contribution in [3.63, 3.8) is 0 Å². The lowest BCUT2D eigenvalue weighted by Gasteiger charge is -2.06. The smallest absolute Gasteiger partial charge is 0.273 e. The van der Waals surface area contributed by atoms with Gasteiger partial charge in [0.15, 0.2) is 0 Å². The van der Waals surface area contributed by atoms with Gasteiger partial charge in [0.1, 0.15) is 11.5 Å². The van der Waals surface area contributed by atoms with Crippen molar-refractivity contribution < 1.29 is 9.18 Å². The largest absolute Gasteiger partial charge is 0.320 e. The number of carbonyl (C=O) groups is 1. The summed E-state index contributed by atoms with van der Waals surface area (Å²) in [5.74, 6) is -0.644. The predicted molar refractivity (Wildman–Crippen MR) is 87.9 cm³/mol. The molecule has 0 bridgehead atoms. The maximum absolute atomic E-state index is 13.1. The maximum Gasteiger partial charge on any atom is 0.273 e. The van der Waals surface area contributed by atoms with Gasteiger partial charge in [-0.2, -0.15) is 5.10 Å². The van der Waals surface area contributed by atoms with Crippen molar-refractivity contribution in [3.8, 4) is 11.3 Å². The van der Waals surface area contributed by atoms with E-state index in [1.165, 1.54) is 12.1 Å². The minimum atomic E-state index is -0.330. The fourth-order valence-corrected chi connectivity index (χ4v) is 2.27. The number of aryl methyl sites for hydroxylation is 2. The zero-order chi connectivity index (χ0) is 16.4. The third-order valence-corrected chi connectivity index (χ3v) is 3.61. The molecule has 2 N–H and O–H groups in total. The number of rotatable bonds is 3. The topological polar surface area (TPSA) is 57.8 Å². The summed E-state index contributed by atoms with van der Waals surface area (Å²) in [5, 5.41) is 9.65. The third-order valence-electron chi connectivity index (χ3n) is 3.61. The Hall–Kier alpha value is -2.95. The summed E-state index contributed by atoms with van der Waals surface area (Å²) < 4.78 is 13.1. The molecule has 1 heterocycles. The zero-order valence-electron chi connectivity index (χ0n) is 12.9. The first-order valence-corrected chi connectivity index (χ1v) is 7.23. The molecule has 0 aliphatic carbocycles. The van der Waals surface area contributed by atoms with Crippen LogP contribution in [-0.4, -0.2) is 16.1 Å². The molecule has 0 atom stereocenters. The van der Waals surface area contributed by atoms with Gasteiger partial charge >= 0.3 is 0 Å². The summed E-state index contributed by atoms with van der Waals surface area (Å²) in [7, 11) is 0. The summed E-state index contributed by atoms with van der Waals surface area (Å²) in [5.41, 5.74) is 4.38. The van der Waals surface area contributed by atoms with E-state index in [4.69, 9.17) is 0 Å². The molecule has 116 valence electrons. The van der Waals surface area contributed by atoms with E-state index in [0.717, 1.165) is 11.1 Å². The molecule has 1 aromatic heterocycles. The molecule has 3 aromatic rings. The number of amides is 1. The van der Waals surface area contributed by atoms with E-state index >= 15 is 0 Å². The maximum atomic E-state index is 13.1. The number of hydrogen-bond acceptors (Lipinski definition) is 2. The van der Waals surface area contributed by atoms with Crippen LogP contribution in [0.1, 0.15) is 21.6 Å². The summed E-state index contributed by atoms with van der Waals surface area (Å²) in [6.45, 7) is 3.75. The number of aromatic nitrogens is 2. The minimum absolute atomic E-state index is 0.314. The Bertz CT molecular complexity index is 853. The van der Waals surface area contributed by atoms with E-state index in [0.29, 0.717) is 22.6 Å². The number of nitrogens with zero attached hydrogens (tertiary/aromatic N) is 1. The van der Waals surface area contributed by atoms with Crippen molar-refractivity contribution in [2.24, 2.45) is 0 Å². The highest BCUT2D eigenvalue weighted by Crippen LogP contribution is 2.20. The fourth-order valence-electron chi connectivity index (χ4n) is 2.27. The van der Waals surface area contributed by atoms with Crippen molar-refractivity contribution >= 4 is 11.6 Å². The van der Waals surface area contributed by atoms with Gasteiger partial charge in [0.05, 0.1) is 5.69 Å². The number of H-pyrrole nitrogens is 1. The van der Waals surface area contributed by atoms with Gasteiger partial charge in [0, 0.05) is 11.3 Å². The van der Waals surface area contributed by atoms with Crippen molar-refractivity contribution in [2.45, 2.75) is 13.8 Å². The second-order valence-electron chi connectivity index (χ2n) is 5.45. The lowest BCUT2D eigenvalue weighted by atomic mass is 10.1. The first-order chi connectivity index (χ1) is 11.0. The Morgan fingerprint density at radius 3 is 2.52 bits per heavy atom. The van der Waals surface area contributed by atoms with Crippen molar-refractivity contribution in [1.29, 1.82) is 0 Å². The number of nitrogens with one attached hydrogen (secondary N) is 2. The first kappa shape index (κ1) is 15.0. The van der Waals surface area contributed by atoms with E-state index in [2.05, 4.69) is 15.5 Å². The first-order valence-electron chi connectivity index (χ1n) is 7.23. The number of hydrogen-bond donors (Lipinski definition) is 2. The molecule has 0 unspecified atom stereocenters. The number of carbonyl (C=O) groups excluding carboxylic acids is 1. The average Bonchev–Trinajstić information content (AvgIpc) is 3.01. The van der Waals surface area contributed by atoms with Crippen molar-refractivity contribution in [1.82, 2.24) is 10.2 Å². The number of halogens is 1. The van der Waals surface area contributed by atoms with Crippen molar-refractivity contribution in [3.05, 3.63) is 71.2 Å². The molecule has 4 nitrogen and oxygen atoms in total. The minimum Gasteiger partial charge on any atom is -0.320 e. The van der Waals surface area contributed by atoms with Gasteiger partial charge in [-0.3, -0.25) is 9.89 Å². The molecule has 5 heteroatoms. The lowest BCUT2D eigenvalue weighted by Crippen LogP contribution is -2.13. The monoisotopic (exact) mass is 309 g/mol. The van der Waals surface area contributed by atoms with Crippen LogP contribution in [0.3, 0.4) is 0 Å². The van der Waals surface area contributed by atoms with Crippen LogP contribution in [0.4, 0.5) is 10.1 Å². The molecule has 1 amide bonds. The molecule has 0 aliphatic heterocycles. The standard InChI is InChI=1S/C18H16FN3O/c1-11-3-5-13(6-4-11)16-10-17(22-21-16)18(23)20-15-8-7-14(19)9-12(15)2/h3-10H,1-2H3,(H,20,23)(H,21,22). The number of benzene rings is 2. The number of aromatic amines is 1. The quantitative estimate of drug-likeness (QED) is 0.765. The summed E-state index contributed by atoms with van der Waals surface area (Å²) in [6, 6.07) is 13.8. The van der Waals surface area contributed by atoms with Gasteiger partial charge in [0.25, 0.3) is 5.91 Å². The Morgan fingerprint density at radius 2 is 1.83 bits per heavy atom. The lowest BCUT2D eigenvalue weighted by molar-refractivity contribution is 0.102. The molecule has 0 saturated carbocycles. The van der Waals surface area contributed by atoms with Gasteiger partial charge in [-0.05, 0) is 43.7 Å². The van der Waals surface area contributed by atoms with Crippen LogP contribution in [0.25, 0.3) is 11.3 Å². The van der Waals surface area contributed by atoms with Gasteiger partial charge in [-0.25, -0.2) is 4.39 Å². The molecule has 23 heavy (non-hydrogen) atoms. The van der Waals surface area contributed by atoms with Gasteiger partial charge < -0.3 is 5.32 Å². The van der Waals surface area contributed by atoms with Crippen LogP contribution in [-0.2, 0) is 0 Å². The molecule has 3 rings (SSSR count). The Kier molecular flexibility index (Phi) is 3.93. The van der Waals surface area contributed by atoms with E-state index in [-0.39, 0.29) is 11.7 Å². The predicted octanol–water partition coefficient (Wildman–Crippen LogP) is 4.08. The number of anilines is 1. The summed E-state index contributed by atoms with van der Waals surface area (Å²) >= 11 is 0. The second-order valence-corrected chi connectivity index (χ2v) is 5.45. The molecule has 2 aromatic carbocycles. The molecular weight excluding hydrogens is 293 g/mol. The average molecular weight is 309 g/mol. The van der Waals surface area contributed by atoms with Gasteiger partial charge in [0.2, 0.25) is 0 Å². The van der Waals surface area contributed by atoms with Gasteiger partial charge in [-0.1, -0.05) is 29.8 Å². The van der Waals surface area contributed by atoms with Crippen LogP contribution >= 0.6 is 0 Å². The highest BCUT2D eigenvalue weighted by molar-refractivity contribution is 6.03. The Morgan fingerprint density at radius 1 is 1.09 bits per heavy atom. The summed E-state index contributed by atoms with van der Waals surface area (Å²) in [4.78, 5) is 12.3. The SMILES string of the molecule is Cc1ccc(-c2cc(C(=O)Nc3ccc(F)cc3C)[nH]n2)cc1. The highest BCUT2D eigenvalue weighted by atomic mass is 19.1. The molecule has 0 fully saturated rings. The molecule has 0 saturated heterocycles. The fraction of sp³-hybridized carbons (Fsp3) is 0.111. The van der Waals surface area contributed by atoms with Crippen molar-refractivity contribution in [2.75, 3.05) is 5.32 Å². The van der Waals surface area contributed by atoms with Crippen LogP contribution < -0.4 is 5.32 Å². The molecule has 0 spiro atoms. The molecule has 0 radical (unpaired) electrons. The Balaban J connectivity index is 1.79. The van der Waals surface area contributed by atoms with Crippen LogP contribution in [0.5, 0.6) is 0 Å². The second kappa shape index (κ2) is 6.04. The zero-order valence-corrected chi connectivity index (χ0v) is 12.9. The molecule has 0 aliphatic rings.